The Balaban J connectivity index is 1.63. The molecule has 0 spiro atoms. The average Bonchev–Trinajstić information content (AvgIpc) is 3.19. The van der Waals surface area contributed by atoms with Gasteiger partial charge in [-0.2, -0.15) is 5.10 Å². The van der Waals surface area contributed by atoms with Gasteiger partial charge >= 0.3 is 0 Å². The molecule has 3 rings (SSSR count). The summed E-state index contributed by atoms with van der Waals surface area (Å²) in [5, 5.41) is 7.15. The Morgan fingerprint density at radius 3 is 2.88 bits per heavy atom. The number of hydrogen-bond acceptors (Lipinski definition) is 3. The molecule has 0 saturated carbocycles. The van der Waals surface area contributed by atoms with Gasteiger partial charge in [0, 0.05) is 37.1 Å². The number of carbonyl (C=O) groups excluding carboxylic acids is 2. The van der Waals surface area contributed by atoms with Crippen molar-refractivity contribution in [2.45, 2.75) is 39.8 Å². The molecule has 1 aromatic heterocycles. The molecule has 2 atom stereocenters. The van der Waals surface area contributed by atoms with Crippen molar-refractivity contribution < 1.29 is 9.59 Å². The molecule has 1 saturated heterocycles. The van der Waals surface area contributed by atoms with E-state index >= 15 is 0 Å². The van der Waals surface area contributed by atoms with E-state index in [1.54, 1.807) is 15.8 Å². The number of anilines is 1. The van der Waals surface area contributed by atoms with E-state index < -0.39 is 0 Å². The van der Waals surface area contributed by atoms with Crippen LogP contribution >= 0.6 is 0 Å². The zero-order valence-corrected chi connectivity index (χ0v) is 14.9. The topological polar surface area (TPSA) is 67.2 Å². The van der Waals surface area contributed by atoms with E-state index in [0.717, 1.165) is 16.8 Å². The molecule has 1 aliphatic heterocycles. The van der Waals surface area contributed by atoms with Crippen molar-refractivity contribution in [1.29, 1.82) is 0 Å². The quantitative estimate of drug-likeness (QED) is 0.906. The largest absolute Gasteiger partial charge is 0.351 e. The zero-order valence-electron chi connectivity index (χ0n) is 14.9. The van der Waals surface area contributed by atoms with Gasteiger partial charge in [0.25, 0.3) is 0 Å². The molecule has 0 unspecified atom stereocenters. The highest BCUT2D eigenvalue weighted by atomic mass is 16.2. The lowest BCUT2D eigenvalue weighted by atomic mass is 10.1. The SMILES string of the molecule is Cc1cccc(N2C[C@@H](C(=O)N[C@H](C)Cn3cccn3)CC2=O)c1C. The lowest BCUT2D eigenvalue weighted by Crippen LogP contribution is -2.40. The number of hydrogen-bond donors (Lipinski definition) is 1. The van der Waals surface area contributed by atoms with Gasteiger partial charge in [0.2, 0.25) is 11.8 Å². The van der Waals surface area contributed by atoms with Gasteiger partial charge in [-0.25, -0.2) is 0 Å². The smallest absolute Gasteiger partial charge is 0.227 e. The Morgan fingerprint density at radius 1 is 1.36 bits per heavy atom. The Bertz CT molecular complexity index is 770. The van der Waals surface area contributed by atoms with Crippen molar-refractivity contribution in [3.63, 3.8) is 0 Å². The Labute approximate surface area is 147 Å². The molecular weight excluding hydrogens is 316 g/mol. The Morgan fingerprint density at radius 2 is 2.16 bits per heavy atom. The van der Waals surface area contributed by atoms with E-state index in [0.29, 0.717) is 13.1 Å². The molecular formula is C19H24N4O2. The third-order valence-corrected chi connectivity index (χ3v) is 4.77. The molecule has 1 aliphatic rings. The summed E-state index contributed by atoms with van der Waals surface area (Å²) in [5.74, 6) is -0.373. The van der Waals surface area contributed by atoms with E-state index in [2.05, 4.69) is 10.4 Å². The summed E-state index contributed by atoms with van der Waals surface area (Å²) in [7, 11) is 0. The van der Waals surface area contributed by atoms with Gasteiger partial charge < -0.3 is 10.2 Å². The van der Waals surface area contributed by atoms with Crippen LogP contribution < -0.4 is 10.2 Å². The third-order valence-electron chi connectivity index (χ3n) is 4.77. The number of carbonyl (C=O) groups is 2. The molecule has 0 bridgehead atoms. The molecule has 0 aliphatic carbocycles. The number of aromatic nitrogens is 2. The summed E-state index contributed by atoms with van der Waals surface area (Å²) in [5.41, 5.74) is 3.14. The van der Waals surface area contributed by atoms with Crippen molar-refractivity contribution in [2.24, 2.45) is 5.92 Å². The van der Waals surface area contributed by atoms with Crippen LogP contribution in [-0.4, -0.2) is 34.2 Å². The highest BCUT2D eigenvalue weighted by Gasteiger charge is 2.36. The maximum Gasteiger partial charge on any atom is 0.227 e. The van der Waals surface area contributed by atoms with Gasteiger partial charge in [0.15, 0.2) is 0 Å². The number of rotatable bonds is 5. The van der Waals surface area contributed by atoms with Crippen LogP contribution in [0.3, 0.4) is 0 Å². The number of nitrogens with zero attached hydrogens (tertiary/aromatic N) is 3. The van der Waals surface area contributed by atoms with Crippen molar-refractivity contribution in [3.8, 4) is 0 Å². The minimum absolute atomic E-state index is 0.00794. The first-order valence-corrected chi connectivity index (χ1v) is 8.60. The fourth-order valence-electron chi connectivity index (χ4n) is 3.24. The Kier molecular flexibility index (Phi) is 4.88. The zero-order chi connectivity index (χ0) is 18.0. The molecule has 25 heavy (non-hydrogen) atoms. The molecule has 1 N–H and O–H groups in total. The van der Waals surface area contributed by atoms with E-state index in [4.69, 9.17) is 0 Å². The Hall–Kier alpha value is -2.63. The van der Waals surface area contributed by atoms with Crippen LogP contribution in [0, 0.1) is 19.8 Å². The number of amides is 2. The van der Waals surface area contributed by atoms with Crippen LogP contribution in [0.5, 0.6) is 0 Å². The van der Waals surface area contributed by atoms with Crippen molar-refractivity contribution in [2.75, 3.05) is 11.4 Å². The summed E-state index contributed by atoms with van der Waals surface area (Å²) >= 11 is 0. The van der Waals surface area contributed by atoms with Crippen LogP contribution in [0.2, 0.25) is 0 Å². The van der Waals surface area contributed by atoms with E-state index in [1.807, 2.05) is 51.2 Å². The van der Waals surface area contributed by atoms with Crippen LogP contribution in [0.4, 0.5) is 5.69 Å². The summed E-state index contributed by atoms with van der Waals surface area (Å²) in [6, 6.07) is 7.73. The summed E-state index contributed by atoms with van der Waals surface area (Å²) < 4.78 is 1.78. The molecule has 2 heterocycles. The lowest BCUT2D eigenvalue weighted by Gasteiger charge is -2.21. The van der Waals surface area contributed by atoms with Gasteiger partial charge in [-0.3, -0.25) is 14.3 Å². The van der Waals surface area contributed by atoms with Crippen LogP contribution in [0.1, 0.15) is 24.5 Å². The second kappa shape index (κ2) is 7.09. The average molecular weight is 340 g/mol. The molecule has 6 heteroatoms. The number of aryl methyl sites for hydroxylation is 1. The predicted octanol–water partition coefficient (Wildman–Crippen LogP) is 2.06. The van der Waals surface area contributed by atoms with Crippen molar-refractivity contribution in [3.05, 3.63) is 47.8 Å². The summed E-state index contributed by atoms with van der Waals surface area (Å²) in [6.45, 7) is 7.03. The lowest BCUT2D eigenvalue weighted by molar-refractivity contribution is -0.126. The van der Waals surface area contributed by atoms with Gasteiger partial charge in [-0.15, -0.1) is 0 Å². The molecule has 0 radical (unpaired) electrons. The minimum atomic E-state index is -0.313. The molecule has 1 aromatic carbocycles. The van der Waals surface area contributed by atoms with Gasteiger partial charge in [-0.1, -0.05) is 12.1 Å². The fourth-order valence-corrected chi connectivity index (χ4v) is 3.24. The minimum Gasteiger partial charge on any atom is -0.351 e. The van der Waals surface area contributed by atoms with Crippen LogP contribution in [-0.2, 0) is 16.1 Å². The maximum absolute atomic E-state index is 12.5. The second-order valence-electron chi connectivity index (χ2n) is 6.76. The molecule has 132 valence electrons. The first-order chi connectivity index (χ1) is 12.0. The van der Waals surface area contributed by atoms with Crippen molar-refractivity contribution >= 4 is 17.5 Å². The fraction of sp³-hybridized carbons (Fsp3) is 0.421. The van der Waals surface area contributed by atoms with E-state index in [1.165, 1.54) is 0 Å². The summed E-state index contributed by atoms with van der Waals surface area (Å²) in [4.78, 5) is 26.7. The highest BCUT2D eigenvalue weighted by molar-refractivity contribution is 6.00. The monoisotopic (exact) mass is 340 g/mol. The van der Waals surface area contributed by atoms with Crippen molar-refractivity contribution in [1.82, 2.24) is 15.1 Å². The first-order valence-electron chi connectivity index (χ1n) is 8.60. The first kappa shape index (κ1) is 17.2. The van der Waals surface area contributed by atoms with E-state index in [-0.39, 0.29) is 30.2 Å². The number of nitrogens with one attached hydrogen (secondary N) is 1. The highest BCUT2D eigenvalue weighted by Crippen LogP contribution is 2.29. The van der Waals surface area contributed by atoms with Crippen LogP contribution in [0.15, 0.2) is 36.7 Å². The predicted molar refractivity (Wildman–Crippen MR) is 96.2 cm³/mol. The van der Waals surface area contributed by atoms with Crippen LogP contribution in [0.25, 0.3) is 0 Å². The van der Waals surface area contributed by atoms with Gasteiger partial charge in [0.1, 0.15) is 0 Å². The number of benzene rings is 1. The van der Waals surface area contributed by atoms with Gasteiger partial charge in [0.05, 0.1) is 12.5 Å². The molecule has 2 amide bonds. The molecule has 2 aromatic rings. The molecule has 6 nitrogen and oxygen atoms in total. The van der Waals surface area contributed by atoms with E-state index in [9.17, 15) is 9.59 Å². The standard InChI is InChI=1S/C19H24N4O2/c1-13-6-4-7-17(15(13)3)23-12-16(10-18(23)24)19(25)21-14(2)11-22-9-5-8-20-22/h4-9,14,16H,10-12H2,1-3H3,(H,21,25)/t14-,16+/m1/s1. The second-order valence-corrected chi connectivity index (χ2v) is 6.76. The normalized spacial score (nSPS) is 18.4. The maximum atomic E-state index is 12.5. The third kappa shape index (κ3) is 3.73. The molecule has 1 fully saturated rings. The summed E-state index contributed by atoms with van der Waals surface area (Å²) in [6.07, 6.45) is 3.84. The van der Waals surface area contributed by atoms with Gasteiger partial charge in [-0.05, 0) is 44.0 Å².